The van der Waals surface area contributed by atoms with E-state index in [1.807, 2.05) is 0 Å². The fraction of sp³-hybridized carbons (Fsp3) is 0.500. The Balaban J connectivity index is 2.06. The van der Waals surface area contributed by atoms with Gasteiger partial charge in [-0.1, -0.05) is 0 Å². The second kappa shape index (κ2) is 4.71. The fourth-order valence-electron chi connectivity index (χ4n) is 1.30. The molecule has 2 N–H and O–H groups in total. The molecule has 8 nitrogen and oxygen atoms in total. The van der Waals surface area contributed by atoms with E-state index in [0.29, 0.717) is 25.4 Å². The molecule has 0 saturated heterocycles. The maximum Gasteiger partial charge on any atom is 0.172 e. The summed E-state index contributed by atoms with van der Waals surface area (Å²) in [6.07, 6.45) is 3.32. The number of ether oxygens (including phenoxy) is 1. The molecule has 0 aliphatic rings. The van der Waals surface area contributed by atoms with E-state index in [4.69, 9.17) is 10.5 Å². The number of aromatic nitrogens is 6. The van der Waals surface area contributed by atoms with E-state index in [9.17, 15) is 0 Å². The summed E-state index contributed by atoms with van der Waals surface area (Å²) in [4.78, 5) is 0. The van der Waals surface area contributed by atoms with E-state index in [-0.39, 0.29) is 0 Å². The predicted octanol–water partition coefficient (Wildman–Crippen LogP) is -0.853. The average Bonchev–Trinajstić information content (AvgIpc) is 2.86. The molecular weight excluding hydrogens is 210 g/mol. The van der Waals surface area contributed by atoms with Crippen molar-refractivity contribution >= 4 is 5.69 Å². The van der Waals surface area contributed by atoms with Crippen LogP contribution in [0.5, 0.6) is 0 Å². The molecule has 0 aliphatic carbocycles. The quantitative estimate of drug-likeness (QED) is 0.709. The van der Waals surface area contributed by atoms with Crippen LogP contribution in [-0.2, 0) is 17.8 Å². The van der Waals surface area contributed by atoms with Gasteiger partial charge in [0, 0.05) is 13.3 Å². The van der Waals surface area contributed by atoms with Crippen LogP contribution in [0.1, 0.15) is 5.82 Å². The van der Waals surface area contributed by atoms with Crippen molar-refractivity contribution < 1.29 is 4.74 Å². The lowest BCUT2D eigenvalue weighted by molar-refractivity contribution is 0.181. The Labute approximate surface area is 92.0 Å². The lowest BCUT2D eigenvalue weighted by atomic mass is 10.5. The van der Waals surface area contributed by atoms with Gasteiger partial charge in [-0.2, -0.15) is 5.10 Å². The van der Waals surface area contributed by atoms with E-state index < -0.39 is 0 Å². The Kier molecular flexibility index (Phi) is 3.10. The van der Waals surface area contributed by atoms with Gasteiger partial charge in [-0.05, 0) is 10.4 Å². The smallest absolute Gasteiger partial charge is 0.172 e. The Morgan fingerprint density at radius 3 is 3.06 bits per heavy atom. The van der Waals surface area contributed by atoms with Crippen molar-refractivity contribution in [1.82, 2.24) is 30.0 Å². The largest absolute Gasteiger partial charge is 0.396 e. The van der Waals surface area contributed by atoms with Gasteiger partial charge in [0.05, 0.1) is 25.0 Å². The lowest BCUT2D eigenvalue weighted by Crippen LogP contribution is -2.13. The van der Waals surface area contributed by atoms with Gasteiger partial charge in [-0.25, -0.2) is 4.68 Å². The highest BCUT2D eigenvalue weighted by Crippen LogP contribution is 2.01. The van der Waals surface area contributed by atoms with E-state index in [2.05, 4.69) is 20.6 Å². The van der Waals surface area contributed by atoms with Crippen LogP contribution in [0.15, 0.2) is 12.4 Å². The number of methoxy groups -OCH3 is 1. The topological polar surface area (TPSA) is 96.7 Å². The third-order valence-electron chi connectivity index (χ3n) is 2.07. The monoisotopic (exact) mass is 223 g/mol. The number of hydrogen-bond acceptors (Lipinski definition) is 6. The van der Waals surface area contributed by atoms with Crippen molar-refractivity contribution in [3.8, 4) is 0 Å². The maximum atomic E-state index is 5.56. The Morgan fingerprint density at radius 2 is 2.38 bits per heavy atom. The normalized spacial score (nSPS) is 10.8. The Hall–Kier alpha value is -1.96. The zero-order valence-electron chi connectivity index (χ0n) is 8.94. The highest BCUT2D eigenvalue weighted by molar-refractivity contribution is 5.30. The summed E-state index contributed by atoms with van der Waals surface area (Å²) in [7, 11) is 1.64. The minimum absolute atomic E-state index is 0.494. The van der Waals surface area contributed by atoms with Crippen LogP contribution in [-0.4, -0.2) is 43.7 Å². The second-order valence-corrected chi connectivity index (χ2v) is 3.28. The van der Waals surface area contributed by atoms with Crippen molar-refractivity contribution in [2.45, 2.75) is 13.1 Å². The van der Waals surface area contributed by atoms with Crippen LogP contribution < -0.4 is 5.73 Å². The van der Waals surface area contributed by atoms with Gasteiger partial charge in [0.15, 0.2) is 5.82 Å². The van der Waals surface area contributed by atoms with Gasteiger partial charge in [0.1, 0.15) is 6.54 Å². The van der Waals surface area contributed by atoms with Gasteiger partial charge in [-0.15, -0.1) is 5.10 Å². The van der Waals surface area contributed by atoms with E-state index in [1.165, 1.54) is 0 Å². The lowest BCUT2D eigenvalue weighted by Gasteiger charge is -2.03. The van der Waals surface area contributed by atoms with Gasteiger partial charge < -0.3 is 10.5 Å². The third kappa shape index (κ3) is 2.34. The summed E-state index contributed by atoms with van der Waals surface area (Å²) < 4.78 is 8.33. The van der Waals surface area contributed by atoms with Gasteiger partial charge >= 0.3 is 0 Å². The molecule has 16 heavy (non-hydrogen) atoms. The summed E-state index contributed by atoms with van der Waals surface area (Å²) in [6.45, 7) is 1.68. The molecule has 2 aromatic rings. The minimum Gasteiger partial charge on any atom is -0.396 e. The summed E-state index contributed by atoms with van der Waals surface area (Å²) in [5, 5.41) is 15.5. The summed E-state index contributed by atoms with van der Waals surface area (Å²) in [5.74, 6) is 0.722. The first-order valence-electron chi connectivity index (χ1n) is 4.81. The predicted molar refractivity (Wildman–Crippen MR) is 55.4 cm³/mol. The van der Waals surface area contributed by atoms with Gasteiger partial charge in [-0.3, -0.25) is 4.68 Å². The molecule has 8 heteroatoms. The molecule has 2 rings (SSSR count). The van der Waals surface area contributed by atoms with E-state index in [0.717, 1.165) is 5.82 Å². The number of nitrogens with two attached hydrogens (primary N) is 1. The van der Waals surface area contributed by atoms with E-state index >= 15 is 0 Å². The van der Waals surface area contributed by atoms with Crippen molar-refractivity contribution in [2.75, 3.05) is 19.5 Å². The molecule has 0 spiro atoms. The maximum absolute atomic E-state index is 5.56. The average molecular weight is 223 g/mol. The number of rotatable bonds is 5. The van der Waals surface area contributed by atoms with Crippen molar-refractivity contribution in [2.24, 2.45) is 0 Å². The molecule has 0 bridgehead atoms. The van der Waals surface area contributed by atoms with Crippen LogP contribution in [0.2, 0.25) is 0 Å². The first-order valence-corrected chi connectivity index (χ1v) is 4.81. The minimum atomic E-state index is 0.494. The zero-order chi connectivity index (χ0) is 11.4. The molecular formula is C8H13N7O. The third-order valence-corrected chi connectivity index (χ3v) is 2.07. The summed E-state index contributed by atoms with van der Waals surface area (Å²) >= 11 is 0. The first-order chi connectivity index (χ1) is 7.79. The highest BCUT2D eigenvalue weighted by Gasteiger charge is 2.06. The van der Waals surface area contributed by atoms with Gasteiger partial charge in [0.2, 0.25) is 0 Å². The SMILES string of the molecule is COCCn1nnnc1Cn1cc(N)cn1. The van der Waals surface area contributed by atoms with Crippen LogP contribution in [0.3, 0.4) is 0 Å². The Morgan fingerprint density at radius 1 is 1.50 bits per heavy atom. The summed E-state index contributed by atoms with van der Waals surface area (Å²) in [5.41, 5.74) is 6.19. The molecule has 2 heterocycles. The molecule has 0 atom stereocenters. The van der Waals surface area contributed by atoms with Crippen molar-refractivity contribution in [1.29, 1.82) is 0 Å². The molecule has 0 saturated carbocycles. The van der Waals surface area contributed by atoms with Crippen LogP contribution in [0, 0.1) is 0 Å². The molecule has 86 valence electrons. The second-order valence-electron chi connectivity index (χ2n) is 3.28. The zero-order valence-corrected chi connectivity index (χ0v) is 8.94. The number of nitrogen functional groups attached to an aromatic ring is 1. The molecule has 0 amide bonds. The molecule has 0 radical (unpaired) electrons. The Bertz CT molecular complexity index is 449. The van der Waals surface area contributed by atoms with Crippen molar-refractivity contribution in [3.63, 3.8) is 0 Å². The molecule has 0 aromatic carbocycles. The molecule has 2 aromatic heterocycles. The molecule has 0 fully saturated rings. The highest BCUT2D eigenvalue weighted by atomic mass is 16.5. The van der Waals surface area contributed by atoms with Crippen molar-refractivity contribution in [3.05, 3.63) is 18.2 Å². The summed E-state index contributed by atoms with van der Waals surface area (Å²) in [6, 6.07) is 0. The van der Waals surface area contributed by atoms with E-state index in [1.54, 1.807) is 28.9 Å². The standard InChI is InChI=1S/C8H13N7O/c1-16-3-2-15-8(11-12-13-15)6-14-5-7(9)4-10-14/h4-5H,2-3,6,9H2,1H3. The number of anilines is 1. The molecule has 0 unspecified atom stereocenters. The van der Waals surface area contributed by atoms with Gasteiger partial charge in [0.25, 0.3) is 0 Å². The number of hydrogen-bond donors (Lipinski definition) is 1. The number of tetrazole rings is 1. The van der Waals surface area contributed by atoms with Crippen LogP contribution in [0.25, 0.3) is 0 Å². The molecule has 0 aliphatic heterocycles. The van der Waals surface area contributed by atoms with Crippen LogP contribution in [0.4, 0.5) is 5.69 Å². The first kappa shape index (κ1) is 10.6. The van der Waals surface area contributed by atoms with Crippen LogP contribution >= 0.6 is 0 Å². The fourth-order valence-corrected chi connectivity index (χ4v) is 1.30. The number of nitrogens with zero attached hydrogens (tertiary/aromatic N) is 6.